The van der Waals surface area contributed by atoms with Crippen molar-refractivity contribution in [2.45, 2.75) is 57.5 Å². The summed E-state index contributed by atoms with van der Waals surface area (Å²) in [5.74, 6) is 0.837. The summed E-state index contributed by atoms with van der Waals surface area (Å²) in [7, 11) is 0. The Kier molecular flexibility index (Phi) is 4.01. The number of nitrogens with one attached hydrogen (secondary N) is 1. The molecule has 0 saturated heterocycles. The second-order valence-electron chi connectivity index (χ2n) is 5.35. The zero-order chi connectivity index (χ0) is 13.1. The van der Waals surface area contributed by atoms with E-state index in [1.54, 1.807) is 6.07 Å². The average Bonchev–Trinajstić information content (AvgIpc) is 2.81. The zero-order valence-electron chi connectivity index (χ0n) is 11.0. The fourth-order valence-electron chi connectivity index (χ4n) is 2.19. The molecule has 0 atom stereocenters. The van der Waals surface area contributed by atoms with Gasteiger partial charge in [-0.05, 0) is 25.7 Å². The van der Waals surface area contributed by atoms with Crippen LogP contribution in [0.3, 0.4) is 0 Å². The third-order valence-corrected chi connectivity index (χ3v) is 3.44. The van der Waals surface area contributed by atoms with E-state index >= 15 is 0 Å². The number of amides is 1. The second-order valence-corrected chi connectivity index (χ2v) is 5.35. The van der Waals surface area contributed by atoms with Crippen LogP contribution in [0.2, 0.25) is 0 Å². The van der Waals surface area contributed by atoms with Gasteiger partial charge in [0, 0.05) is 24.1 Å². The van der Waals surface area contributed by atoms with Gasteiger partial charge in [0.15, 0.2) is 5.69 Å². The first-order chi connectivity index (χ1) is 8.56. The van der Waals surface area contributed by atoms with E-state index < -0.39 is 0 Å². The highest BCUT2D eigenvalue weighted by atomic mass is 16.5. The summed E-state index contributed by atoms with van der Waals surface area (Å²) in [6.07, 6.45) is 3.84. The monoisotopic (exact) mass is 251 g/mol. The molecular formula is C13H21N3O2. The lowest BCUT2D eigenvalue weighted by Gasteiger charge is -2.26. The molecule has 2 rings (SSSR count). The molecule has 0 aromatic carbocycles. The van der Waals surface area contributed by atoms with Gasteiger partial charge in [0.25, 0.3) is 5.91 Å². The lowest BCUT2D eigenvalue weighted by atomic mass is 9.92. The van der Waals surface area contributed by atoms with Gasteiger partial charge in [0.2, 0.25) is 0 Å². The summed E-state index contributed by atoms with van der Waals surface area (Å²) >= 11 is 0. The number of rotatable bonds is 3. The highest BCUT2D eigenvalue weighted by molar-refractivity contribution is 5.92. The first kappa shape index (κ1) is 13.1. The maximum absolute atomic E-state index is 12.0. The first-order valence-electron chi connectivity index (χ1n) is 6.59. The molecule has 0 spiro atoms. The Labute approximate surface area is 107 Å². The topological polar surface area (TPSA) is 81.2 Å². The summed E-state index contributed by atoms with van der Waals surface area (Å²) in [5, 5.41) is 6.80. The van der Waals surface area contributed by atoms with Gasteiger partial charge in [-0.15, -0.1) is 0 Å². The molecule has 5 heteroatoms. The molecule has 18 heavy (non-hydrogen) atoms. The molecule has 1 aromatic heterocycles. The molecule has 0 radical (unpaired) electrons. The fourth-order valence-corrected chi connectivity index (χ4v) is 2.19. The van der Waals surface area contributed by atoms with E-state index in [4.69, 9.17) is 10.3 Å². The van der Waals surface area contributed by atoms with Crippen molar-refractivity contribution in [1.82, 2.24) is 10.5 Å². The van der Waals surface area contributed by atoms with Crippen LogP contribution in [0.4, 0.5) is 0 Å². The number of hydrogen-bond donors (Lipinski definition) is 2. The lowest BCUT2D eigenvalue weighted by Crippen LogP contribution is -2.40. The van der Waals surface area contributed by atoms with Crippen molar-refractivity contribution in [1.29, 1.82) is 0 Å². The van der Waals surface area contributed by atoms with Gasteiger partial charge < -0.3 is 15.6 Å². The third-order valence-electron chi connectivity index (χ3n) is 3.44. The summed E-state index contributed by atoms with van der Waals surface area (Å²) in [5.41, 5.74) is 6.20. The Morgan fingerprint density at radius 2 is 2.11 bits per heavy atom. The van der Waals surface area contributed by atoms with Crippen LogP contribution >= 0.6 is 0 Å². The van der Waals surface area contributed by atoms with E-state index in [9.17, 15) is 4.79 Å². The summed E-state index contributed by atoms with van der Waals surface area (Å²) in [6, 6.07) is 2.23. The SMILES string of the molecule is CC(C)c1cc(C(=O)NC2CCC(N)CC2)no1. The number of carbonyl (C=O) groups is 1. The molecule has 3 N–H and O–H groups in total. The standard InChI is InChI=1S/C13H21N3O2/c1-8(2)12-7-11(16-18-12)13(17)15-10-5-3-9(14)4-6-10/h7-10H,3-6,14H2,1-2H3,(H,15,17). The molecule has 1 aliphatic rings. The molecule has 1 aliphatic carbocycles. The van der Waals surface area contributed by atoms with Crippen molar-refractivity contribution in [3.05, 3.63) is 17.5 Å². The Balaban J connectivity index is 1.91. The van der Waals surface area contributed by atoms with Crippen molar-refractivity contribution in [2.75, 3.05) is 0 Å². The van der Waals surface area contributed by atoms with Crippen molar-refractivity contribution in [3.63, 3.8) is 0 Å². The predicted molar refractivity (Wildman–Crippen MR) is 68.3 cm³/mol. The van der Waals surface area contributed by atoms with E-state index in [1.165, 1.54) is 0 Å². The molecule has 1 amide bonds. The minimum absolute atomic E-state index is 0.147. The van der Waals surface area contributed by atoms with Crippen LogP contribution in [-0.4, -0.2) is 23.1 Å². The van der Waals surface area contributed by atoms with E-state index in [2.05, 4.69) is 10.5 Å². The molecule has 0 unspecified atom stereocenters. The summed E-state index contributed by atoms with van der Waals surface area (Å²) in [6.45, 7) is 4.01. The number of nitrogens with two attached hydrogens (primary N) is 1. The molecule has 1 aromatic rings. The molecule has 5 nitrogen and oxygen atoms in total. The van der Waals surface area contributed by atoms with Crippen LogP contribution < -0.4 is 11.1 Å². The van der Waals surface area contributed by atoms with Crippen LogP contribution in [0.15, 0.2) is 10.6 Å². The van der Waals surface area contributed by atoms with Gasteiger partial charge in [0.05, 0.1) is 0 Å². The largest absolute Gasteiger partial charge is 0.360 e. The smallest absolute Gasteiger partial charge is 0.273 e. The summed E-state index contributed by atoms with van der Waals surface area (Å²) < 4.78 is 5.12. The number of aromatic nitrogens is 1. The van der Waals surface area contributed by atoms with E-state index in [1.807, 2.05) is 13.8 Å². The van der Waals surface area contributed by atoms with Crippen LogP contribution in [0.25, 0.3) is 0 Å². The Hall–Kier alpha value is -1.36. The van der Waals surface area contributed by atoms with Gasteiger partial charge in [-0.25, -0.2) is 0 Å². The van der Waals surface area contributed by atoms with E-state index in [-0.39, 0.29) is 23.9 Å². The van der Waals surface area contributed by atoms with Crippen LogP contribution in [0.5, 0.6) is 0 Å². The highest BCUT2D eigenvalue weighted by Gasteiger charge is 2.22. The maximum atomic E-state index is 12.0. The maximum Gasteiger partial charge on any atom is 0.273 e. The molecule has 1 heterocycles. The predicted octanol–water partition coefficient (Wildman–Crippen LogP) is 1.80. The first-order valence-corrected chi connectivity index (χ1v) is 6.59. The zero-order valence-corrected chi connectivity index (χ0v) is 11.0. The highest BCUT2D eigenvalue weighted by Crippen LogP contribution is 2.18. The number of carbonyl (C=O) groups excluding carboxylic acids is 1. The Bertz CT molecular complexity index is 406. The minimum atomic E-state index is -0.147. The normalized spacial score (nSPS) is 24.2. The Morgan fingerprint density at radius 3 is 2.67 bits per heavy atom. The minimum Gasteiger partial charge on any atom is -0.360 e. The molecule has 100 valence electrons. The fraction of sp³-hybridized carbons (Fsp3) is 0.692. The van der Waals surface area contributed by atoms with Gasteiger partial charge in [-0.2, -0.15) is 0 Å². The number of nitrogens with zero attached hydrogens (tertiary/aromatic N) is 1. The molecular weight excluding hydrogens is 230 g/mol. The molecule has 1 fully saturated rings. The van der Waals surface area contributed by atoms with Crippen molar-refractivity contribution in [2.24, 2.45) is 5.73 Å². The Morgan fingerprint density at radius 1 is 1.44 bits per heavy atom. The number of hydrogen-bond acceptors (Lipinski definition) is 4. The van der Waals surface area contributed by atoms with E-state index in [0.29, 0.717) is 5.69 Å². The van der Waals surface area contributed by atoms with Gasteiger partial charge in [-0.3, -0.25) is 4.79 Å². The molecule has 0 aliphatic heterocycles. The second kappa shape index (κ2) is 5.52. The van der Waals surface area contributed by atoms with Gasteiger partial charge in [0.1, 0.15) is 5.76 Å². The van der Waals surface area contributed by atoms with Gasteiger partial charge in [-0.1, -0.05) is 19.0 Å². The van der Waals surface area contributed by atoms with E-state index in [0.717, 1.165) is 31.4 Å². The van der Waals surface area contributed by atoms with Crippen LogP contribution in [0.1, 0.15) is 61.7 Å². The summed E-state index contributed by atoms with van der Waals surface area (Å²) in [4.78, 5) is 12.0. The van der Waals surface area contributed by atoms with Crippen molar-refractivity contribution in [3.8, 4) is 0 Å². The van der Waals surface area contributed by atoms with Crippen molar-refractivity contribution >= 4 is 5.91 Å². The molecule has 1 saturated carbocycles. The molecule has 0 bridgehead atoms. The van der Waals surface area contributed by atoms with Crippen molar-refractivity contribution < 1.29 is 9.32 Å². The average molecular weight is 251 g/mol. The van der Waals surface area contributed by atoms with Crippen LogP contribution in [0, 0.1) is 0 Å². The van der Waals surface area contributed by atoms with Gasteiger partial charge >= 0.3 is 0 Å². The van der Waals surface area contributed by atoms with Crippen LogP contribution in [-0.2, 0) is 0 Å². The third kappa shape index (κ3) is 3.10. The quantitative estimate of drug-likeness (QED) is 0.858. The lowest BCUT2D eigenvalue weighted by molar-refractivity contribution is 0.0916.